The van der Waals surface area contributed by atoms with Crippen LogP contribution >= 0.6 is 0 Å². The van der Waals surface area contributed by atoms with E-state index in [1.165, 1.54) is 127 Å². The second kappa shape index (κ2) is 75.1. The van der Waals surface area contributed by atoms with Gasteiger partial charge in [0.05, 0.1) is 51.6 Å². The van der Waals surface area contributed by atoms with Crippen LogP contribution in [0.25, 0.3) is 0 Å². The SMILES string of the molecule is C=C(C)C(=O)N(C)C1CC2CC1C1C3CC(C(=O)CC)C(C3)C21.C=C(C)C(=O)NC1CC2CC1C1C3CC(C#N)C(C3)C21.C=C(C)C(=O)OCCCCCCCCCN.C=C(C)C(=O)OCCCCCCCCOC.C=C(C)C(=O)OCCCCCCO.C=CC(=O)N(C)C1CC2CC1C1C3CC(C(=O)O)C(C3)C21.C=CC(=O)OCCCCCCCCN.C=CC(=O)OCCCCCCCOC.C=CC(=O)OCCCCCCO. The molecule has 0 saturated heterocycles. The van der Waals surface area contributed by atoms with Crippen molar-refractivity contribution in [1.29, 1.82) is 5.26 Å². The molecule has 28 heteroatoms. The van der Waals surface area contributed by atoms with E-state index >= 15 is 0 Å². The van der Waals surface area contributed by atoms with E-state index < -0.39 is 5.97 Å². The van der Waals surface area contributed by atoms with Gasteiger partial charge in [0.1, 0.15) is 5.78 Å². The van der Waals surface area contributed by atoms with Gasteiger partial charge in [-0.25, -0.2) is 28.8 Å². The molecule has 0 aromatic carbocycles. The van der Waals surface area contributed by atoms with Crippen molar-refractivity contribution in [1.82, 2.24) is 15.1 Å². The van der Waals surface area contributed by atoms with Gasteiger partial charge < -0.3 is 79.8 Å². The van der Waals surface area contributed by atoms with Gasteiger partial charge in [0.2, 0.25) is 17.7 Å². The molecule has 12 saturated carbocycles. The predicted octanol–water partition coefficient (Wildman–Crippen LogP) is 20.9. The number of rotatable bonds is 61. The molecule has 0 aromatic rings. The molecular formula is C121H198N6O22. The molecular weight excluding hydrogens is 1890 g/mol. The summed E-state index contributed by atoms with van der Waals surface area (Å²) in [6, 6.07) is 3.67. The number of likely N-dealkylation sites (N-methyl/N-ethyl adjacent to an activating group) is 2. The lowest BCUT2D eigenvalue weighted by Gasteiger charge is -2.43. The first-order valence-corrected chi connectivity index (χ1v) is 56.9. The van der Waals surface area contributed by atoms with Crippen molar-refractivity contribution in [2.45, 2.75) is 349 Å². The summed E-state index contributed by atoms with van der Waals surface area (Å²) in [7, 11) is 7.32. The van der Waals surface area contributed by atoms with Gasteiger partial charge in [-0.2, -0.15) is 5.26 Å². The Balaban J connectivity index is 0.000000352. The third kappa shape index (κ3) is 45.1. The zero-order chi connectivity index (χ0) is 110. The molecule has 0 radical (unpaired) electrons. The molecule has 12 aliphatic carbocycles. The van der Waals surface area contributed by atoms with Gasteiger partial charge in [-0.3, -0.25) is 24.0 Å². The number of fused-ring (bicyclic) bond motifs is 27. The summed E-state index contributed by atoms with van der Waals surface area (Å²) in [4.78, 5) is 128. The molecule has 3 amide bonds. The molecule has 12 bridgehead atoms. The topological polar surface area (TPSA) is 417 Å². The number of nitrogens with one attached hydrogen (secondary N) is 1. The molecule has 12 fully saturated rings. The number of carboxylic acids is 1. The van der Waals surface area contributed by atoms with Crippen LogP contribution in [0.2, 0.25) is 0 Å². The van der Waals surface area contributed by atoms with Gasteiger partial charge in [0.15, 0.2) is 0 Å². The van der Waals surface area contributed by atoms with Crippen molar-refractivity contribution >= 4 is 65.3 Å². The Hall–Kier alpha value is -8.72. The quantitative estimate of drug-likeness (QED) is 0.0108. The van der Waals surface area contributed by atoms with Gasteiger partial charge in [-0.15, -0.1) is 0 Å². The number of aliphatic hydroxyl groups excluding tert-OH is 2. The number of nitrogens with zero attached hydrogens (tertiary/aromatic N) is 3. The minimum Gasteiger partial charge on any atom is -0.481 e. The summed E-state index contributed by atoms with van der Waals surface area (Å²) >= 11 is 0. The first-order chi connectivity index (χ1) is 71.5. The summed E-state index contributed by atoms with van der Waals surface area (Å²) in [5, 5.41) is 38.8. The van der Waals surface area contributed by atoms with Gasteiger partial charge in [-0.1, -0.05) is 182 Å². The number of methoxy groups -OCH3 is 2. The average molecular weight is 2090 g/mol. The van der Waals surface area contributed by atoms with E-state index in [0.717, 1.165) is 253 Å². The molecule has 28 nitrogen and oxygen atoms in total. The first-order valence-electron chi connectivity index (χ1n) is 56.9. The molecule has 149 heavy (non-hydrogen) atoms. The fourth-order valence-electron chi connectivity index (χ4n) is 26.6. The van der Waals surface area contributed by atoms with Gasteiger partial charge in [-0.05, 0) is 327 Å². The number of esters is 6. The van der Waals surface area contributed by atoms with Crippen molar-refractivity contribution in [3.63, 3.8) is 0 Å². The Morgan fingerprint density at radius 2 is 0.651 bits per heavy atom. The van der Waals surface area contributed by atoms with Crippen molar-refractivity contribution in [3.8, 4) is 6.07 Å². The largest absolute Gasteiger partial charge is 0.481 e. The Labute approximate surface area is 896 Å². The van der Waals surface area contributed by atoms with Crippen molar-refractivity contribution in [3.05, 3.63) is 111 Å². The van der Waals surface area contributed by atoms with Gasteiger partial charge >= 0.3 is 41.8 Å². The van der Waals surface area contributed by atoms with Crippen LogP contribution < -0.4 is 16.8 Å². The molecule has 24 unspecified atom stereocenters. The van der Waals surface area contributed by atoms with Gasteiger partial charge in [0, 0.05) is 137 Å². The van der Waals surface area contributed by atoms with Crippen LogP contribution in [0.5, 0.6) is 0 Å². The highest BCUT2D eigenvalue weighted by Gasteiger charge is 2.69. The van der Waals surface area contributed by atoms with E-state index in [1.807, 2.05) is 37.7 Å². The summed E-state index contributed by atoms with van der Waals surface area (Å²) in [5.41, 5.74) is 13.4. The van der Waals surface area contributed by atoms with E-state index in [4.69, 9.17) is 59.6 Å². The minimum absolute atomic E-state index is 0.0238. The third-order valence-corrected chi connectivity index (χ3v) is 33.3. The van der Waals surface area contributed by atoms with Crippen LogP contribution in [-0.4, -0.2) is 216 Å². The van der Waals surface area contributed by atoms with Gasteiger partial charge in [0.25, 0.3) is 0 Å². The van der Waals surface area contributed by atoms with Crippen molar-refractivity contribution in [2.75, 3.05) is 107 Å². The average Bonchev–Trinajstić information content (AvgIpc) is 1.55. The molecule has 8 N–H and O–H groups in total. The smallest absolute Gasteiger partial charge is 0.333 e. The molecule has 12 rings (SSSR count). The van der Waals surface area contributed by atoms with Crippen LogP contribution in [0.15, 0.2) is 111 Å². The lowest BCUT2D eigenvalue weighted by molar-refractivity contribution is -0.146. The summed E-state index contributed by atoms with van der Waals surface area (Å²) in [6.45, 7) is 48.9. The van der Waals surface area contributed by atoms with Crippen LogP contribution in [0, 0.1) is 136 Å². The summed E-state index contributed by atoms with van der Waals surface area (Å²) < 4.78 is 39.2. The lowest BCUT2D eigenvalue weighted by atomic mass is 9.65. The Morgan fingerprint density at radius 3 is 0.987 bits per heavy atom. The van der Waals surface area contributed by atoms with E-state index in [9.17, 15) is 63.1 Å². The number of hydrogen-bond donors (Lipinski definition) is 6. The Kier molecular flexibility index (Phi) is 66.8. The normalized spacial score (nSPS) is 26.5. The second-order valence-corrected chi connectivity index (χ2v) is 44.0. The zero-order valence-electron chi connectivity index (χ0n) is 93.4. The minimum atomic E-state index is -0.584. The number of nitrogens with two attached hydrogens (primary N) is 2. The fraction of sp³-hybridized carbons (Fsp3) is 0.752. The monoisotopic (exact) mass is 2090 g/mol. The molecule has 0 spiro atoms. The van der Waals surface area contributed by atoms with E-state index in [-0.39, 0.29) is 72.7 Å². The van der Waals surface area contributed by atoms with Crippen LogP contribution in [0.3, 0.4) is 0 Å². The van der Waals surface area contributed by atoms with Crippen molar-refractivity contribution < 1.29 is 106 Å². The Bertz CT molecular complexity index is 4100. The highest BCUT2D eigenvalue weighted by atomic mass is 16.6. The number of ether oxygens (including phenoxy) is 8. The Morgan fingerprint density at radius 1 is 0.356 bits per heavy atom. The van der Waals surface area contributed by atoms with Crippen molar-refractivity contribution in [2.24, 2.45) is 136 Å². The molecule has 24 atom stereocenters. The standard InChI is InChI=1S/C20H29NO2.C17H22N2O.C17H23NO3.C13H25NO2.C13H24O3.C11H21NO2.C11H20O3.C10H18O3.C9H16O3/c1-5-17(22)13-6-11-7-14(13)18-12-8-15(19(11)18)16(9-12)21(4)20(23)10(2)3;1-8(2)17(20)19-14-6-10-5-13(14)16-9-3-11(7-18)12(4-9)15(10)16;1-3-14(19)18(2)13-7-9-6-12(13)16-8-4-10(15(9)16)11(5-8)17(20)21;1-12(2)13(15)16-11-9-7-5-3-4-6-8-10-14;1-12(2)13(14)16-11-9-7-5-4-6-8-10-15-3;1-2-11(13)14-10-8-6-4-3-5-7-9-12;1-3-11(12)14-10-8-6-4-5-7-9-13-2;1-9(2)10(12)13-8-6-4-3-5-7-11;1-2-9(11)12-8-6-4-3-5-7-10/h11-16,18-19H,2,5-9H2,1,3-4H3;9-16H,1,3-6H2,2H3,(H,19,20);3,8-13,15-16H,1,4-7H2,2H3,(H,20,21);1,3-11,14H2,2H3;1,4-11H2,2-3H3;2H,1,3-10,12H2;3H,1,4-10H2,2H3;11H,1,3-8H2,2H3;2,10H,1,3-8H2. The number of aliphatic carboxylic acids is 1. The second-order valence-electron chi connectivity index (χ2n) is 44.0. The molecule has 0 heterocycles. The highest BCUT2D eigenvalue weighted by Crippen LogP contribution is 2.72. The van der Waals surface area contributed by atoms with E-state index in [1.54, 1.807) is 41.9 Å². The number of aliphatic hydroxyl groups is 2. The fourth-order valence-corrected chi connectivity index (χ4v) is 26.6. The number of Topliss-reactive ketones (excluding diaryl/α,β-unsaturated/α-hetero) is 1. The predicted molar refractivity (Wildman–Crippen MR) is 587 cm³/mol. The maximum absolute atomic E-state index is 12.3. The van der Waals surface area contributed by atoms with E-state index in [0.29, 0.717) is 169 Å². The number of amides is 3. The molecule has 844 valence electrons. The molecule has 0 aromatic heterocycles. The number of carbonyl (C=O) groups excluding carboxylic acids is 10. The lowest BCUT2D eigenvalue weighted by Crippen LogP contribution is -2.47. The van der Waals surface area contributed by atoms with Crippen LogP contribution in [0.4, 0.5) is 0 Å². The molecule has 0 aliphatic heterocycles. The number of hydrogen-bond acceptors (Lipinski definition) is 24. The van der Waals surface area contributed by atoms with Crippen LogP contribution in [-0.2, 0) is 90.6 Å². The maximum atomic E-state index is 12.3. The third-order valence-electron chi connectivity index (χ3n) is 33.3. The number of nitriles is 1. The van der Waals surface area contributed by atoms with E-state index in [2.05, 4.69) is 70.6 Å². The maximum Gasteiger partial charge on any atom is 0.333 e. The summed E-state index contributed by atoms with van der Waals surface area (Å²) in [6.07, 6.45) is 54.3. The number of ketones is 1. The first kappa shape index (κ1) is 133. The summed E-state index contributed by atoms with van der Waals surface area (Å²) in [5.74, 6) is 11.1. The zero-order valence-corrected chi connectivity index (χ0v) is 93.4. The number of carboxylic acid groups (broad SMARTS) is 1. The highest BCUT2D eigenvalue weighted by molar-refractivity contribution is 5.93. The number of unbranched alkanes of at least 4 members (excludes halogenated alkanes) is 26. The molecule has 12 aliphatic rings. The van der Waals surface area contributed by atoms with Crippen LogP contribution in [0.1, 0.15) is 330 Å². The number of carbonyl (C=O) groups is 11.